The van der Waals surface area contributed by atoms with E-state index in [1.807, 2.05) is 52.4 Å². The van der Waals surface area contributed by atoms with E-state index < -0.39 is 81.8 Å². The number of rotatable bonds is 0. The lowest BCUT2D eigenvalue weighted by molar-refractivity contribution is -0.143. The van der Waals surface area contributed by atoms with Crippen molar-refractivity contribution in [3.05, 3.63) is 0 Å². The molecular weight excluding hydrogens is 537 g/mol. The van der Waals surface area contributed by atoms with Crippen molar-refractivity contribution in [1.29, 1.82) is 0 Å². The third-order valence-corrected chi connectivity index (χ3v) is 19.1. The van der Waals surface area contributed by atoms with Gasteiger partial charge in [0.2, 0.25) is 23.6 Å². The van der Waals surface area contributed by atoms with Crippen LogP contribution in [0.1, 0.15) is 12.8 Å². The van der Waals surface area contributed by atoms with E-state index in [4.69, 9.17) is 8.23 Å². The number of fused-ring (bicyclic) bond motifs is 4. The zero-order valence-electron chi connectivity index (χ0n) is 22.3. The molecule has 36 heavy (non-hydrogen) atoms. The van der Waals surface area contributed by atoms with Gasteiger partial charge in [0.25, 0.3) is 0 Å². The highest BCUT2D eigenvalue weighted by atomic mass is 28.4. The van der Waals surface area contributed by atoms with Gasteiger partial charge in [-0.3, -0.25) is 38.8 Å². The van der Waals surface area contributed by atoms with Crippen LogP contribution in [-0.2, 0) is 27.4 Å². The molecule has 8 amide bonds. The largest absolute Gasteiger partial charge is 0.453 e. The molecule has 3 aliphatic rings. The Hall–Kier alpha value is -1.99. The van der Waals surface area contributed by atoms with Crippen LogP contribution >= 0.6 is 0 Å². The van der Waals surface area contributed by atoms with Crippen molar-refractivity contribution in [2.75, 3.05) is 24.7 Å². The maximum Gasteiger partial charge on any atom is 0.333 e. The Kier molecular flexibility index (Phi) is 7.45. The molecule has 200 valence electrons. The molecule has 4 bridgehead atoms. The standard InChI is InChI=1S/C20H36N4O8Si4/c1-33(2)11-21-15(25)9-16(26)23(19(21)29)13-35(5,6)32-36(7,8)14-24-18(28)10-17(27)22(20(24)30)12-34(3,4)31-33/h9-14H2,1-8H3. The number of barbiturate groups is 2. The lowest BCUT2D eigenvalue weighted by Crippen LogP contribution is -2.67. The van der Waals surface area contributed by atoms with Crippen LogP contribution < -0.4 is 0 Å². The molecule has 3 heterocycles. The molecule has 0 aromatic heterocycles. The Balaban J connectivity index is 2.05. The number of carbonyl (C=O) groups excluding carboxylic acids is 6. The van der Waals surface area contributed by atoms with Crippen molar-refractivity contribution in [2.45, 2.75) is 65.2 Å². The number of urea groups is 2. The smallest absolute Gasteiger partial charge is 0.333 e. The third kappa shape index (κ3) is 6.28. The summed E-state index contributed by atoms with van der Waals surface area (Å²) in [5.74, 6) is -2.23. The number of amides is 8. The van der Waals surface area contributed by atoms with E-state index in [1.165, 1.54) is 0 Å². The minimum Gasteiger partial charge on any atom is -0.453 e. The quantitative estimate of drug-likeness (QED) is 0.314. The molecule has 0 aliphatic carbocycles. The highest BCUT2D eigenvalue weighted by Gasteiger charge is 2.49. The molecule has 12 nitrogen and oxygen atoms in total. The van der Waals surface area contributed by atoms with Crippen LogP contribution in [0.2, 0.25) is 52.4 Å². The van der Waals surface area contributed by atoms with Crippen LogP contribution in [0, 0.1) is 0 Å². The number of hydrogen-bond donors (Lipinski definition) is 0. The molecule has 3 saturated heterocycles. The fourth-order valence-electron chi connectivity index (χ4n) is 5.13. The Morgan fingerprint density at radius 2 is 0.639 bits per heavy atom. The Morgan fingerprint density at radius 3 is 0.833 bits per heavy atom. The molecule has 0 saturated carbocycles. The molecule has 0 N–H and O–H groups in total. The van der Waals surface area contributed by atoms with Gasteiger partial charge in [0.05, 0.1) is 0 Å². The summed E-state index contributed by atoms with van der Waals surface area (Å²) < 4.78 is 13.0. The van der Waals surface area contributed by atoms with Crippen molar-refractivity contribution in [3.63, 3.8) is 0 Å². The molecule has 0 aromatic rings. The highest BCUT2D eigenvalue weighted by molar-refractivity contribution is 6.86. The van der Waals surface area contributed by atoms with Crippen molar-refractivity contribution in [3.8, 4) is 0 Å². The maximum absolute atomic E-state index is 13.3. The van der Waals surface area contributed by atoms with Crippen molar-refractivity contribution >= 4 is 69.0 Å². The van der Waals surface area contributed by atoms with Crippen LogP contribution in [0.25, 0.3) is 0 Å². The first-order valence-corrected chi connectivity index (χ1v) is 24.4. The molecule has 0 aromatic carbocycles. The van der Waals surface area contributed by atoms with E-state index in [-0.39, 0.29) is 24.7 Å². The Morgan fingerprint density at radius 1 is 0.444 bits per heavy atom. The summed E-state index contributed by atoms with van der Waals surface area (Å²) in [6.07, 6.45) is -0.634. The first-order chi connectivity index (χ1) is 16.2. The van der Waals surface area contributed by atoms with Crippen molar-refractivity contribution < 1.29 is 37.0 Å². The van der Waals surface area contributed by atoms with Crippen molar-refractivity contribution in [1.82, 2.24) is 19.6 Å². The lowest BCUT2D eigenvalue weighted by atomic mass is 10.3. The second-order valence-electron chi connectivity index (χ2n) is 12.1. The van der Waals surface area contributed by atoms with E-state index in [0.29, 0.717) is 0 Å². The van der Waals surface area contributed by atoms with Crippen LogP contribution in [0.15, 0.2) is 0 Å². The van der Waals surface area contributed by atoms with E-state index in [2.05, 4.69) is 0 Å². The van der Waals surface area contributed by atoms with Gasteiger partial charge in [0.15, 0.2) is 33.3 Å². The normalized spacial score (nSPS) is 27.0. The second-order valence-corrected chi connectivity index (χ2v) is 29.1. The van der Waals surface area contributed by atoms with Gasteiger partial charge in [-0.25, -0.2) is 9.59 Å². The minimum absolute atomic E-state index is 0.0421. The van der Waals surface area contributed by atoms with Gasteiger partial charge in [-0.2, -0.15) is 0 Å². The van der Waals surface area contributed by atoms with Crippen LogP contribution in [0.3, 0.4) is 0 Å². The molecule has 0 unspecified atom stereocenters. The predicted molar refractivity (Wildman–Crippen MR) is 139 cm³/mol. The van der Waals surface area contributed by atoms with Crippen LogP contribution in [0.5, 0.6) is 0 Å². The summed E-state index contributed by atoms with van der Waals surface area (Å²) in [5, 5.41) is 0. The SMILES string of the molecule is C[Si]1(C)CN2C(=O)CC(=O)N(C[Si](C)(C)O[Si](C)(C)CN3C(=O)CC(=O)N(C[Si](C)(C)O1)C3=O)C2=O. The number of imide groups is 4. The Bertz CT molecular complexity index is 879. The van der Waals surface area contributed by atoms with E-state index >= 15 is 0 Å². The van der Waals surface area contributed by atoms with E-state index in [0.717, 1.165) is 19.6 Å². The van der Waals surface area contributed by atoms with Gasteiger partial charge in [-0.05, 0) is 52.4 Å². The predicted octanol–water partition coefficient (Wildman–Crippen LogP) is 1.37. The Labute approximate surface area is 215 Å². The molecule has 3 rings (SSSR count). The average Bonchev–Trinajstić information content (AvgIpc) is 2.67. The molecule has 0 radical (unpaired) electrons. The highest BCUT2D eigenvalue weighted by Crippen LogP contribution is 2.26. The van der Waals surface area contributed by atoms with Gasteiger partial charge in [0, 0.05) is 24.7 Å². The maximum atomic E-state index is 13.3. The van der Waals surface area contributed by atoms with E-state index in [9.17, 15) is 28.8 Å². The molecule has 16 heteroatoms. The van der Waals surface area contributed by atoms with Gasteiger partial charge < -0.3 is 8.23 Å². The minimum atomic E-state index is -2.73. The van der Waals surface area contributed by atoms with Crippen LogP contribution in [-0.4, -0.2) is 113 Å². The summed E-state index contributed by atoms with van der Waals surface area (Å²) in [7, 11) is -10.9. The lowest BCUT2D eigenvalue weighted by Gasteiger charge is -2.44. The summed E-state index contributed by atoms with van der Waals surface area (Å²) in [6.45, 7) is 14.9. The average molecular weight is 573 g/mol. The summed E-state index contributed by atoms with van der Waals surface area (Å²) >= 11 is 0. The number of nitrogens with zero attached hydrogens (tertiary/aromatic N) is 4. The summed E-state index contributed by atoms with van der Waals surface area (Å²) in [5.41, 5.74) is 0. The second kappa shape index (κ2) is 9.39. The van der Waals surface area contributed by atoms with Crippen LogP contribution in [0.4, 0.5) is 9.59 Å². The fraction of sp³-hybridized carbons (Fsp3) is 0.700. The monoisotopic (exact) mass is 572 g/mol. The first-order valence-electron chi connectivity index (χ1n) is 11.9. The first kappa shape index (κ1) is 28.6. The van der Waals surface area contributed by atoms with E-state index in [1.54, 1.807) is 0 Å². The number of hydrogen-bond acceptors (Lipinski definition) is 8. The summed E-state index contributed by atoms with van der Waals surface area (Å²) in [6, 6.07) is -1.33. The third-order valence-electron chi connectivity index (χ3n) is 5.99. The molecule has 3 aliphatic heterocycles. The molecular formula is C20H36N4O8Si4. The van der Waals surface area contributed by atoms with Crippen molar-refractivity contribution in [2.24, 2.45) is 0 Å². The molecule has 3 fully saturated rings. The fourth-order valence-corrected chi connectivity index (χ4v) is 22.4. The summed E-state index contributed by atoms with van der Waals surface area (Å²) in [4.78, 5) is 82.0. The topological polar surface area (TPSA) is 134 Å². The zero-order chi connectivity index (χ0) is 27.4. The molecule has 0 spiro atoms. The van der Waals surface area contributed by atoms with Gasteiger partial charge >= 0.3 is 12.1 Å². The number of carbonyl (C=O) groups is 6. The van der Waals surface area contributed by atoms with Gasteiger partial charge in [0.1, 0.15) is 12.8 Å². The van der Waals surface area contributed by atoms with Gasteiger partial charge in [-0.1, -0.05) is 0 Å². The molecule has 0 atom stereocenters. The zero-order valence-corrected chi connectivity index (χ0v) is 26.3. The van der Waals surface area contributed by atoms with Gasteiger partial charge in [-0.15, -0.1) is 0 Å².